The van der Waals surface area contributed by atoms with Crippen molar-refractivity contribution in [2.45, 2.75) is 37.8 Å². The number of aromatic amines is 1. The second-order valence-electron chi connectivity index (χ2n) is 4.81. The first kappa shape index (κ1) is 11.7. The summed E-state index contributed by atoms with van der Waals surface area (Å²) < 4.78 is 14.9. The van der Waals surface area contributed by atoms with Crippen LogP contribution < -0.4 is 0 Å². The highest BCUT2D eigenvalue weighted by Crippen LogP contribution is 2.40. The van der Waals surface area contributed by atoms with Crippen molar-refractivity contribution in [2.75, 3.05) is 0 Å². The van der Waals surface area contributed by atoms with Gasteiger partial charge in [0.25, 0.3) is 0 Å². The normalized spacial score (nSPS) is 24.5. The average Bonchev–Trinajstić information content (AvgIpc) is 2.89. The SMILES string of the molecule is O=C(O)c1cc2[nH]cc(C3CCCCC3F)c2s1. The number of nitrogens with one attached hydrogen (secondary N) is 1. The summed E-state index contributed by atoms with van der Waals surface area (Å²) in [7, 11) is 0. The minimum absolute atomic E-state index is 0.0761. The van der Waals surface area contributed by atoms with Crippen molar-refractivity contribution < 1.29 is 14.3 Å². The molecule has 0 amide bonds. The molecule has 2 aromatic rings. The number of rotatable bonds is 2. The number of hydrogen-bond acceptors (Lipinski definition) is 2. The van der Waals surface area contributed by atoms with Gasteiger partial charge in [0.2, 0.25) is 0 Å². The molecule has 1 aliphatic carbocycles. The van der Waals surface area contributed by atoms with Crippen LogP contribution in [-0.2, 0) is 0 Å². The number of H-pyrrole nitrogens is 1. The molecular formula is C13H14FNO2S. The molecule has 0 saturated heterocycles. The van der Waals surface area contributed by atoms with Crippen LogP contribution in [0.25, 0.3) is 10.2 Å². The maximum absolute atomic E-state index is 14.0. The number of aromatic carboxylic acids is 1. The zero-order valence-electron chi connectivity index (χ0n) is 9.78. The Bertz CT molecular complexity index is 589. The lowest BCUT2D eigenvalue weighted by Crippen LogP contribution is -2.18. The lowest BCUT2D eigenvalue weighted by molar-refractivity contribution is 0.0702. The fourth-order valence-corrected chi connectivity index (χ4v) is 3.79. The zero-order chi connectivity index (χ0) is 12.7. The van der Waals surface area contributed by atoms with Gasteiger partial charge >= 0.3 is 5.97 Å². The predicted octanol–water partition coefficient (Wildman–Crippen LogP) is 3.92. The summed E-state index contributed by atoms with van der Waals surface area (Å²) in [6, 6.07) is 1.63. The zero-order valence-corrected chi connectivity index (χ0v) is 10.6. The van der Waals surface area contributed by atoms with Crippen LogP contribution in [0.4, 0.5) is 4.39 Å². The fraction of sp³-hybridized carbons (Fsp3) is 0.462. The summed E-state index contributed by atoms with van der Waals surface area (Å²) in [5.74, 6) is -0.996. The highest BCUT2D eigenvalue weighted by atomic mass is 32.1. The van der Waals surface area contributed by atoms with E-state index in [0.29, 0.717) is 11.3 Å². The van der Waals surface area contributed by atoms with Crippen LogP contribution in [-0.4, -0.2) is 22.2 Å². The summed E-state index contributed by atoms with van der Waals surface area (Å²) >= 11 is 1.24. The molecule has 1 fully saturated rings. The van der Waals surface area contributed by atoms with Crippen molar-refractivity contribution in [2.24, 2.45) is 0 Å². The summed E-state index contributed by atoms with van der Waals surface area (Å²) in [4.78, 5) is 14.3. The molecule has 0 bridgehead atoms. The minimum Gasteiger partial charge on any atom is -0.477 e. The van der Waals surface area contributed by atoms with E-state index in [4.69, 9.17) is 5.11 Å². The molecule has 3 rings (SSSR count). The minimum atomic E-state index is -0.920. The standard InChI is InChI=1S/C13H14FNO2S/c14-9-4-2-1-3-7(9)8-6-15-10-5-11(13(16)17)18-12(8)10/h5-7,9,15H,1-4H2,(H,16,17). The van der Waals surface area contributed by atoms with Crippen LogP contribution in [0.1, 0.15) is 46.8 Å². The largest absolute Gasteiger partial charge is 0.477 e. The van der Waals surface area contributed by atoms with Gasteiger partial charge in [-0.2, -0.15) is 0 Å². The number of fused-ring (bicyclic) bond motifs is 1. The molecular weight excluding hydrogens is 253 g/mol. The Kier molecular flexibility index (Phi) is 2.86. The van der Waals surface area contributed by atoms with Crippen molar-refractivity contribution in [3.8, 4) is 0 Å². The maximum atomic E-state index is 14.0. The molecule has 1 saturated carbocycles. The van der Waals surface area contributed by atoms with Crippen molar-refractivity contribution in [1.82, 2.24) is 4.98 Å². The van der Waals surface area contributed by atoms with Gasteiger partial charge in [-0.1, -0.05) is 12.8 Å². The predicted molar refractivity (Wildman–Crippen MR) is 69.2 cm³/mol. The molecule has 1 aliphatic rings. The third-order valence-corrected chi connectivity index (χ3v) is 4.84. The number of halogens is 1. The monoisotopic (exact) mass is 267 g/mol. The van der Waals surface area contributed by atoms with E-state index in [9.17, 15) is 9.18 Å². The molecule has 0 aromatic carbocycles. The van der Waals surface area contributed by atoms with E-state index >= 15 is 0 Å². The Balaban J connectivity index is 2.03. The molecule has 0 spiro atoms. The number of aromatic nitrogens is 1. The molecule has 5 heteroatoms. The lowest BCUT2D eigenvalue weighted by atomic mass is 9.83. The number of carbonyl (C=O) groups is 1. The lowest BCUT2D eigenvalue weighted by Gasteiger charge is -2.25. The van der Waals surface area contributed by atoms with Gasteiger partial charge in [0, 0.05) is 12.1 Å². The van der Waals surface area contributed by atoms with Crippen LogP contribution in [0, 0.1) is 0 Å². The molecule has 2 aromatic heterocycles. The molecule has 0 radical (unpaired) electrons. The van der Waals surface area contributed by atoms with Gasteiger partial charge < -0.3 is 10.1 Å². The van der Waals surface area contributed by atoms with Crippen LogP contribution in [0.3, 0.4) is 0 Å². The molecule has 96 valence electrons. The van der Waals surface area contributed by atoms with E-state index in [1.54, 1.807) is 6.07 Å². The third-order valence-electron chi connectivity index (χ3n) is 3.67. The van der Waals surface area contributed by atoms with Gasteiger partial charge in [-0.25, -0.2) is 9.18 Å². The van der Waals surface area contributed by atoms with E-state index in [1.165, 1.54) is 11.3 Å². The van der Waals surface area contributed by atoms with Crippen LogP contribution in [0.15, 0.2) is 12.3 Å². The van der Waals surface area contributed by atoms with E-state index in [-0.39, 0.29) is 5.92 Å². The summed E-state index contributed by atoms with van der Waals surface area (Å²) in [6.45, 7) is 0. The van der Waals surface area contributed by atoms with Crippen LogP contribution in [0.2, 0.25) is 0 Å². The Morgan fingerprint density at radius 3 is 2.94 bits per heavy atom. The third kappa shape index (κ3) is 1.82. The summed E-state index contributed by atoms with van der Waals surface area (Å²) in [6.07, 6.45) is 4.52. The second kappa shape index (κ2) is 4.39. The topological polar surface area (TPSA) is 53.1 Å². The van der Waals surface area contributed by atoms with E-state index in [2.05, 4.69) is 4.98 Å². The van der Waals surface area contributed by atoms with Gasteiger partial charge in [-0.15, -0.1) is 11.3 Å². The average molecular weight is 267 g/mol. The van der Waals surface area contributed by atoms with Crippen LogP contribution >= 0.6 is 11.3 Å². The van der Waals surface area contributed by atoms with Gasteiger partial charge in [-0.3, -0.25) is 0 Å². The van der Waals surface area contributed by atoms with Crippen LogP contribution in [0.5, 0.6) is 0 Å². The molecule has 2 N–H and O–H groups in total. The van der Waals surface area contributed by atoms with Gasteiger partial charge in [0.15, 0.2) is 0 Å². The van der Waals surface area contributed by atoms with Gasteiger partial charge in [-0.05, 0) is 24.5 Å². The molecule has 2 heterocycles. The molecule has 2 atom stereocenters. The number of carboxylic acids is 1. The molecule has 3 nitrogen and oxygen atoms in total. The maximum Gasteiger partial charge on any atom is 0.345 e. The first-order chi connectivity index (χ1) is 8.66. The Hall–Kier alpha value is -1.36. The number of alkyl halides is 1. The fourth-order valence-electron chi connectivity index (χ4n) is 2.75. The molecule has 0 aliphatic heterocycles. The van der Waals surface area contributed by atoms with Crippen molar-refractivity contribution in [3.05, 3.63) is 22.7 Å². The van der Waals surface area contributed by atoms with Gasteiger partial charge in [0.1, 0.15) is 11.0 Å². The summed E-state index contributed by atoms with van der Waals surface area (Å²) in [5.41, 5.74) is 1.76. The Labute approximate surface area is 108 Å². The first-order valence-corrected chi connectivity index (χ1v) is 6.96. The van der Waals surface area contributed by atoms with Crippen molar-refractivity contribution >= 4 is 27.5 Å². The quantitative estimate of drug-likeness (QED) is 0.866. The smallest absolute Gasteiger partial charge is 0.345 e. The molecule has 2 unspecified atom stereocenters. The van der Waals surface area contributed by atoms with E-state index in [0.717, 1.165) is 35.0 Å². The molecule has 18 heavy (non-hydrogen) atoms. The summed E-state index contributed by atoms with van der Waals surface area (Å²) in [5, 5.41) is 8.98. The number of hydrogen-bond donors (Lipinski definition) is 2. The van der Waals surface area contributed by atoms with E-state index < -0.39 is 12.1 Å². The number of thiophene rings is 1. The highest BCUT2D eigenvalue weighted by Gasteiger charge is 2.29. The number of carboxylic acid groups (broad SMARTS) is 1. The first-order valence-electron chi connectivity index (χ1n) is 6.15. The Morgan fingerprint density at radius 2 is 2.22 bits per heavy atom. The second-order valence-corrected chi connectivity index (χ2v) is 5.86. The van der Waals surface area contributed by atoms with Crippen molar-refractivity contribution in [3.63, 3.8) is 0 Å². The van der Waals surface area contributed by atoms with Gasteiger partial charge in [0.05, 0.1) is 10.2 Å². The highest BCUT2D eigenvalue weighted by molar-refractivity contribution is 7.20. The van der Waals surface area contributed by atoms with E-state index in [1.807, 2.05) is 6.20 Å². The Morgan fingerprint density at radius 1 is 1.44 bits per heavy atom. The van der Waals surface area contributed by atoms with Crippen molar-refractivity contribution in [1.29, 1.82) is 0 Å².